The lowest BCUT2D eigenvalue weighted by Gasteiger charge is -1.95. The van der Waals surface area contributed by atoms with Crippen LogP contribution in [0.3, 0.4) is 0 Å². The molecular formula is C8H8N4. The standard InChI is InChI=1S/C8H8N4/c1-7-4-6-12(11-7)8-3-2-5-9-10-8/h2-6H,1H3. The lowest BCUT2D eigenvalue weighted by atomic mass is 10.5. The van der Waals surface area contributed by atoms with Gasteiger partial charge in [-0.2, -0.15) is 10.2 Å². The van der Waals surface area contributed by atoms with Crippen LogP contribution in [-0.2, 0) is 0 Å². The lowest BCUT2D eigenvalue weighted by molar-refractivity contribution is 0.803. The highest BCUT2D eigenvalue weighted by Gasteiger charge is 1.97. The van der Waals surface area contributed by atoms with Crippen LogP contribution in [0.25, 0.3) is 5.82 Å². The predicted octanol–water partition coefficient (Wildman–Crippen LogP) is 0.971. The van der Waals surface area contributed by atoms with Crippen LogP contribution >= 0.6 is 0 Å². The molecule has 4 nitrogen and oxygen atoms in total. The summed E-state index contributed by atoms with van der Waals surface area (Å²) in [7, 11) is 0. The van der Waals surface area contributed by atoms with E-state index in [9.17, 15) is 0 Å². The predicted molar refractivity (Wildman–Crippen MR) is 43.9 cm³/mol. The smallest absolute Gasteiger partial charge is 0.175 e. The highest BCUT2D eigenvalue weighted by atomic mass is 15.3. The average Bonchev–Trinajstić information content (AvgIpc) is 2.54. The highest BCUT2D eigenvalue weighted by Crippen LogP contribution is 2.00. The van der Waals surface area contributed by atoms with Crippen LogP contribution < -0.4 is 0 Å². The van der Waals surface area contributed by atoms with Crippen LogP contribution in [-0.4, -0.2) is 20.0 Å². The van der Waals surface area contributed by atoms with Gasteiger partial charge in [-0.05, 0) is 25.1 Å². The third-order valence-electron chi connectivity index (χ3n) is 1.52. The van der Waals surface area contributed by atoms with Crippen molar-refractivity contribution in [2.75, 3.05) is 0 Å². The van der Waals surface area contributed by atoms with Crippen LogP contribution in [0.4, 0.5) is 0 Å². The number of hydrogen-bond donors (Lipinski definition) is 0. The van der Waals surface area contributed by atoms with Gasteiger partial charge >= 0.3 is 0 Å². The second kappa shape index (κ2) is 2.73. The second-order valence-electron chi connectivity index (χ2n) is 2.48. The van der Waals surface area contributed by atoms with Gasteiger partial charge in [-0.25, -0.2) is 4.68 Å². The number of aryl methyl sites for hydroxylation is 1. The zero-order valence-electron chi connectivity index (χ0n) is 6.68. The molecule has 0 radical (unpaired) electrons. The molecule has 4 heteroatoms. The van der Waals surface area contributed by atoms with E-state index in [1.165, 1.54) is 0 Å². The molecule has 0 fully saturated rings. The zero-order chi connectivity index (χ0) is 8.39. The van der Waals surface area contributed by atoms with Crippen molar-refractivity contribution < 1.29 is 0 Å². The number of rotatable bonds is 1. The number of hydrogen-bond acceptors (Lipinski definition) is 3. The fourth-order valence-corrected chi connectivity index (χ4v) is 0.958. The number of aromatic nitrogens is 4. The summed E-state index contributed by atoms with van der Waals surface area (Å²) in [6, 6.07) is 5.62. The lowest BCUT2D eigenvalue weighted by Crippen LogP contribution is -1.98. The summed E-state index contributed by atoms with van der Waals surface area (Å²) in [5, 5.41) is 11.9. The molecule has 0 aromatic carbocycles. The molecule has 0 N–H and O–H groups in total. The molecule has 0 aliphatic rings. The van der Waals surface area contributed by atoms with Gasteiger partial charge in [-0.1, -0.05) is 0 Å². The molecule has 0 aliphatic heterocycles. The van der Waals surface area contributed by atoms with Gasteiger partial charge in [0.2, 0.25) is 0 Å². The molecular weight excluding hydrogens is 152 g/mol. The van der Waals surface area contributed by atoms with E-state index >= 15 is 0 Å². The summed E-state index contributed by atoms with van der Waals surface area (Å²) >= 11 is 0. The van der Waals surface area contributed by atoms with Crippen LogP contribution in [0.5, 0.6) is 0 Å². The molecule has 0 bridgehead atoms. The van der Waals surface area contributed by atoms with Crippen LogP contribution in [0.15, 0.2) is 30.6 Å². The van der Waals surface area contributed by atoms with Gasteiger partial charge < -0.3 is 0 Å². The molecule has 0 saturated carbocycles. The molecule has 0 atom stereocenters. The molecule has 0 amide bonds. The average molecular weight is 160 g/mol. The van der Waals surface area contributed by atoms with E-state index in [4.69, 9.17) is 0 Å². The maximum Gasteiger partial charge on any atom is 0.175 e. The van der Waals surface area contributed by atoms with Crippen molar-refractivity contribution in [2.45, 2.75) is 6.92 Å². The minimum atomic E-state index is 0.741. The first kappa shape index (κ1) is 6.97. The summed E-state index contributed by atoms with van der Waals surface area (Å²) in [5.74, 6) is 0.741. The molecule has 2 aromatic rings. The monoisotopic (exact) mass is 160 g/mol. The van der Waals surface area contributed by atoms with Crippen LogP contribution in [0.1, 0.15) is 5.69 Å². The maximum atomic E-state index is 4.20. The van der Waals surface area contributed by atoms with Gasteiger partial charge in [0, 0.05) is 12.4 Å². The molecule has 0 spiro atoms. The first-order chi connectivity index (χ1) is 5.86. The van der Waals surface area contributed by atoms with Gasteiger partial charge in [0.25, 0.3) is 0 Å². The van der Waals surface area contributed by atoms with Crippen molar-refractivity contribution >= 4 is 0 Å². The molecule has 0 unspecified atom stereocenters. The van der Waals surface area contributed by atoms with E-state index in [1.807, 2.05) is 31.3 Å². The van der Waals surface area contributed by atoms with Gasteiger partial charge in [0.05, 0.1) is 5.69 Å². The Kier molecular flexibility index (Phi) is 1.59. The topological polar surface area (TPSA) is 43.6 Å². The Morgan fingerprint density at radius 3 is 2.83 bits per heavy atom. The second-order valence-corrected chi connectivity index (χ2v) is 2.48. The fraction of sp³-hybridized carbons (Fsp3) is 0.125. The van der Waals surface area contributed by atoms with Gasteiger partial charge in [-0.3, -0.25) is 0 Å². The first-order valence-electron chi connectivity index (χ1n) is 3.66. The van der Waals surface area contributed by atoms with Crippen molar-refractivity contribution in [3.05, 3.63) is 36.3 Å². The van der Waals surface area contributed by atoms with E-state index in [0.29, 0.717) is 0 Å². The summed E-state index contributed by atoms with van der Waals surface area (Å²) in [6.45, 7) is 1.94. The van der Waals surface area contributed by atoms with E-state index in [2.05, 4.69) is 15.3 Å². The maximum absolute atomic E-state index is 4.20. The van der Waals surface area contributed by atoms with Gasteiger partial charge in [0.1, 0.15) is 0 Å². The van der Waals surface area contributed by atoms with Crippen LogP contribution in [0.2, 0.25) is 0 Å². The third-order valence-corrected chi connectivity index (χ3v) is 1.52. The SMILES string of the molecule is Cc1ccn(-c2cccnn2)n1. The Balaban J connectivity index is 2.45. The first-order valence-corrected chi connectivity index (χ1v) is 3.66. The normalized spacial score (nSPS) is 10.1. The molecule has 2 aromatic heterocycles. The molecule has 60 valence electrons. The summed E-state index contributed by atoms with van der Waals surface area (Å²) in [6.07, 6.45) is 3.50. The Labute approximate surface area is 69.9 Å². The van der Waals surface area contributed by atoms with E-state index < -0.39 is 0 Å². The van der Waals surface area contributed by atoms with E-state index in [1.54, 1.807) is 10.9 Å². The molecule has 0 saturated heterocycles. The molecule has 0 aliphatic carbocycles. The molecule has 2 rings (SSSR count). The largest absolute Gasteiger partial charge is 0.221 e. The van der Waals surface area contributed by atoms with Gasteiger partial charge in [-0.15, -0.1) is 5.10 Å². The van der Waals surface area contributed by atoms with Crippen molar-refractivity contribution in [3.63, 3.8) is 0 Å². The summed E-state index contributed by atoms with van der Waals surface area (Å²) in [5.41, 5.74) is 0.973. The quantitative estimate of drug-likeness (QED) is 0.624. The Morgan fingerprint density at radius 1 is 1.33 bits per heavy atom. The van der Waals surface area contributed by atoms with Crippen molar-refractivity contribution in [1.29, 1.82) is 0 Å². The minimum absolute atomic E-state index is 0.741. The van der Waals surface area contributed by atoms with Crippen LogP contribution in [0, 0.1) is 6.92 Å². The van der Waals surface area contributed by atoms with Gasteiger partial charge in [0.15, 0.2) is 5.82 Å². The molecule has 2 heterocycles. The van der Waals surface area contributed by atoms with Crippen molar-refractivity contribution in [1.82, 2.24) is 20.0 Å². The minimum Gasteiger partial charge on any atom is -0.221 e. The summed E-state index contributed by atoms with van der Waals surface area (Å²) < 4.78 is 1.70. The Morgan fingerprint density at radius 2 is 2.25 bits per heavy atom. The Hall–Kier alpha value is -1.71. The van der Waals surface area contributed by atoms with E-state index in [0.717, 1.165) is 11.5 Å². The van der Waals surface area contributed by atoms with E-state index in [-0.39, 0.29) is 0 Å². The highest BCUT2D eigenvalue weighted by molar-refractivity contribution is 5.18. The fourth-order valence-electron chi connectivity index (χ4n) is 0.958. The zero-order valence-corrected chi connectivity index (χ0v) is 6.68. The summed E-state index contributed by atoms with van der Waals surface area (Å²) in [4.78, 5) is 0. The third kappa shape index (κ3) is 1.18. The van der Waals surface area contributed by atoms with Crippen molar-refractivity contribution in [2.24, 2.45) is 0 Å². The number of nitrogens with zero attached hydrogens (tertiary/aromatic N) is 4. The van der Waals surface area contributed by atoms with Crippen molar-refractivity contribution in [3.8, 4) is 5.82 Å². The molecule has 12 heavy (non-hydrogen) atoms. The Bertz CT molecular complexity index is 366.